The molecule has 1 aromatic carbocycles. The Morgan fingerprint density at radius 2 is 2.06 bits per heavy atom. The smallest absolute Gasteiger partial charge is 0.408 e. The number of imidazole rings is 1. The van der Waals surface area contributed by atoms with Crippen molar-refractivity contribution in [3.8, 4) is 0 Å². The van der Waals surface area contributed by atoms with E-state index >= 15 is 0 Å². The number of halogens is 1. The summed E-state index contributed by atoms with van der Waals surface area (Å²) in [6, 6.07) is 6.83. The van der Waals surface area contributed by atoms with Gasteiger partial charge in [0.2, 0.25) is 0 Å². The van der Waals surface area contributed by atoms with Crippen LogP contribution in [0.25, 0.3) is 0 Å². The summed E-state index contributed by atoms with van der Waals surface area (Å²) < 4.78 is 21.9. The summed E-state index contributed by atoms with van der Waals surface area (Å²) in [5.74, 6) is 0.818. The SMILES string of the molecule is Cc1nc2c(n1C1CCN(C(C)C[C@H](NC(=O)OC(C)(C)C)c3cccc(F)c3)CC1)CNCC2. The highest BCUT2D eigenvalue weighted by Gasteiger charge is 2.30. The average Bonchev–Trinajstić information content (AvgIpc) is 3.13. The first-order chi connectivity index (χ1) is 16.6. The Bertz CT molecular complexity index is 1020. The molecule has 0 saturated carbocycles. The van der Waals surface area contributed by atoms with Crippen molar-refractivity contribution in [1.29, 1.82) is 0 Å². The first-order valence-electron chi connectivity index (χ1n) is 12.9. The molecular weight excluding hydrogens is 445 g/mol. The lowest BCUT2D eigenvalue weighted by Gasteiger charge is -2.38. The minimum absolute atomic E-state index is 0.221. The van der Waals surface area contributed by atoms with Crippen molar-refractivity contribution in [2.45, 2.75) is 90.6 Å². The molecule has 0 aliphatic carbocycles. The number of carbonyl (C=O) groups excluding carboxylic acids is 1. The lowest BCUT2D eigenvalue weighted by molar-refractivity contribution is 0.0486. The van der Waals surface area contributed by atoms with Gasteiger partial charge in [0, 0.05) is 44.7 Å². The molecule has 1 aromatic heterocycles. The number of amides is 1. The van der Waals surface area contributed by atoms with E-state index in [1.54, 1.807) is 6.07 Å². The van der Waals surface area contributed by atoms with Crippen LogP contribution >= 0.6 is 0 Å². The number of likely N-dealkylation sites (tertiary alicyclic amines) is 1. The second-order valence-electron chi connectivity index (χ2n) is 11.0. The van der Waals surface area contributed by atoms with Crippen molar-refractivity contribution >= 4 is 6.09 Å². The van der Waals surface area contributed by atoms with Crippen molar-refractivity contribution in [3.05, 3.63) is 52.9 Å². The number of nitrogens with one attached hydrogen (secondary N) is 2. The van der Waals surface area contributed by atoms with E-state index in [4.69, 9.17) is 9.72 Å². The molecule has 3 heterocycles. The lowest BCUT2D eigenvalue weighted by Crippen LogP contribution is -2.43. The van der Waals surface area contributed by atoms with Crippen LogP contribution in [0.15, 0.2) is 24.3 Å². The van der Waals surface area contributed by atoms with Crippen LogP contribution in [0.3, 0.4) is 0 Å². The zero-order valence-corrected chi connectivity index (χ0v) is 21.7. The molecule has 2 aromatic rings. The molecule has 35 heavy (non-hydrogen) atoms. The summed E-state index contributed by atoms with van der Waals surface area (Å²) in [7, 11) is 0. The molecule has 1 fully saturated rings. The Kier molecular flexibility index (Phi) is 7.81. The van der Waals surface area contributed by atoms with Crippen molar-refractivity contribution in [2.24, 2.45) is 0 Å². The Balaban J connectivity index is 1.41. The monoisotopic (exact) mass is 485 g/mol. The van der Waals surface area contributed by atoms with E-state index in [9.17, 15) is 9.18 Å². The molecule has 0 bridgehead atoms. The molecule has 7 nitrogen and oxygen atoms in total. The second kappa shape index (κ2) is 10.7. The van der Waals surface area contributed by atoms with Gasteiger partial charge in [-0.1, -0.05) is 12.1 Å². The standard InChI is InChI=1S/C27H40FN5O2/c1-18(15-24(20-7-6-8-21(28)16-20)31-26(34)35-27(3,4)5)32-13-10-22(11-14-32)33-19(2)30-23-9-12-29-17-25(23)33/h6-8,16,18,22,24,29H,9-15,17H2,1-5H3,(H,31,34)/t18?,24-/m0/s1. The van der Waals surface area contributed by atoms with Crippen LogP contribution in [0.2, 0.25) is 0 Å². The van der Waals surface area contributed by atoms with Gasteiger partial charge in [0.1, 0.15) is 17.2 Å². The van der Waals surface area contributed by atoms with Crippen LogP contribution in [0.5, 0.6) is 0 Å². The Labute approximate surface area is 208 Å². The number of carbonyl (C=O) groups is 1. The minimum Gasteiger partial charge on any atom is -0.444 e. The second-order valence-corrected chi connectivity index (χ2v) is 11.0. The molecule has 1 amide bonds. The third-order valence-electron chi connectivity index (χ3n) is 7.11. The van der Waals surface area contributed by atoms with Gasteiger partial charge in [0.05, 0.1) is 17.4 Å². The maximum atomic E-state index is 14.0. The van der Waals surface area contributed by atoms with Crippen LogP contribution in [-0.2, 0) is 17.7 Å². The predicted octanol–water partition coefficient (Wildman–Crippen LogP) is 4.66. The fraction of sp³-hybridized carbons (Fsp3) is 0.630. The zero-order chi connectivity index (χ0) is 25.2. The van der Waals surface area contributed by atoms with Gasteiger partial charge in [-0.05, 0) is 71.6 Å². The maximum absolute atomic E-state index is 14.0. The van der Waals surface area contributed by atoms with E-state index in [2.05, 4.69) is 33.9 Å². The van der Waals surface area contributed by atoms with Crippen LogP contribution < -0.4 is 10.6 Å². The number of benzene rings is 1. The van der Waals surface area contributed by atoms with E-state index in [1.807, 2.05) is 26.8 Å². The molecule has 2 aliphatic heterocycles. The van der Waals surface area contributed by atoms with E-state index < -0.39 is 11.7 Å². The Morgan fingerprint density at radius 3 is 2.74 bits per heavy atom. The van der Waals surface area contributed by atoms with Gasteiger partial charge in [0.25, 0.3) is 0 Å². The number of rotatable bonds is 6. The third-order valence-corrected chi connectivity index (χ3v) is 7.11. The fourth-order valence-electron chi connectivity index (χ4n) is 5.46. The van der Waals surface area contributed by atoms with E-state index in [1.165, 1.54) is 23.5 Å². The normalized spacial score (nSPS) is 19.1. The number of nitrogens with zero attached hydrogens (tertiary/aromatic N) is 3. The van der Waals surface area contributed by atoms with E-state index in [0.29, 0.717) is 12.5 Å². The molecule has 2 N–H and O–H groups in total. The first-order valence-corrected chi connectivity index (χ1v) is 12.9. The van der Waals surface area contributed by atoms with Crippen LogP contribution in [0.4, 0.5) is 9.18 Å². The minimum atomic E-state index is -0.593. The quantitative estimate of drug-likeness (QED) is 0.623. The summed E-state index contributed by atoms with van der Waals surface area (Å²) in [6.45, 7) is 13.7. The zero-order valence-electron chi connectivity index (χ0n) is 21.7. The summed E-state index contributed by atoms with van der Waals surface area (Å²) in [6.07, 6.45) is 3.34. The molecule has 4 rings (SSSR count). The molecule has 2 aliphatic rings. The number of hydrogen-bond donors (Lipinski definition) is 2. The molecule has 2 atom stereocenters. The van der Waals surface area contributed by atoms with Gasteiger partial charge < -0.3 is 24.8 Å². The van der Waals surface area contributed by atoms with Gasteiger partial charge in [-0.25, -0.2) is 14.2 Å². The molecule has 8 heteroatoms. The fourth-order valence-corrected chi connectivity index (χ4v) is 5.46. The number of alkyl carbamates (subject to hydrolysis) is 1. The molecule has 1 saturated heterocycles. The molecule has 0 spiro atoms. The van der Waals surface area contributed by atoms with E-state index in [-0.39, 0.29) is 17.9 Å². The molecule has 1 unspecified atom stereocenters. The lowest BCUT2D eigenvalue weighted by atomic mass is 9.96. The number of piperidine rings is 1. The summed E-state index contributed by atoms with van der Waals surface area (Å²) in [5.41, 5.74) is 2.77. The number of hydrogen-bond acceptors (Lipinski definition) is 5. The Hall–Kier alpha value is -2.45. The van der Waals surface area contributed by atoms with Crippen LogP contribution in [-0.4, -0.2) is 51.8 Å². The summed E-state index contributed by atoms with van der Waals surface area (Å²) in [4.78, 5) is 19.9. The highest BCUT2D eigenvalue weighted by molar-refractivity contribution is 5.68. The van der Waals surface area contributed by atoms with Gasteiger partial charge >= 0.3 is 6.09 Å². The third kappa shape index (κ3) is 6.41. The highest BCUT2D eigenvalue weighted by Crippen LogP contribution is 2.31. The summed E-state index contributed by atoms with van der Waals surface area (Å²) in [5, 5.41) is 6.47. The van der Waals surface area contributed by atoms with Crippen molar-refractivity contribution in [3.63, 3.8) is 0 Å². The number of fused-ring (bicyclic) bond motifs is 1. The predicted molar refractivity (Wildman–Crippen MR) is 135 cm³/mol. The first kappa shape index (κ1) is 25.6. The maximum Gasteiger partial charge on any atom is 0.408 e. The average molecular weight is 486 g/mol. The van der Waals surface area contributed by atoms with Crippen molar-refractivity contribution < 1.29 is 13.9 Å². The van der Waals surface area contributed by atoms with Gasteiger partial charge in [-0.15, -0.1) is 0 Å². The number of ether oxygens (including phenoxy) is 1. The topological polar surface area (TPSA) is 71.4 Å². The van der Waals surface area contributed by atoms with Crippen LogP contribution in [0.1, 0.15) is 81.8 Å². The number of aromatic nitrogens is 2. The molecule has 0 radical (unpaired) electrons. The largest absolute Gasteiger partial charge is 0.444 e. The van der Waals surface area contributed by atoms with Crippen molar-refractivity contribution in [1.82, 2.24) is 25.1 Å². The highest BCUT2D eigenvalue weighted by atomic mass is 19.1. The molecular formula is C27H40FN5O2. The molecule has 192 valence electrons. The van der Waals surface area contributed by atoms with E-state index in [0.717, 1.165) is 56.8 Å². The van der Waals surface area contributed by atoms with Crippen molar-refractivity contribution in [2.75, 3.05) is 19.6 Å². The Morgan fingerprint density at radius 1 is 1.31 bits per heavy atom. The summed E-state index contributed by atoms with van der Waals surface area (Å²) >= 11 is 0. The number of aryl methyl sites for hydroxylation is 1. The van der Waals surface area contributed by atoms with Gasteiger partial charge in [-0.2, -0.15) is 0 Å². The van der Waals surface area contributed by atoms with Gasteiger partial charge in [0.15, 0.2) is 0 Å². The van der Waals surface area contributed by atoms with Crippen LogP contribution in [0, 0.1) is 12.7 Å². The van der Waals surface area contributed by atoms with Gasteiger partial charge in [-0.3, -0.25) is 0 Å².